The van der Waals surface area contributed by atoms with Gasteiger partial charge in [0.05, 0.1) is 0 Å². The third kappa shape index (κ3) is 2.72. The summed E-state index contributed by atoms with van der Waals surface area (Å²) >= 11 is 0. The lowest BCUT2D eigenvalue weighted by Crippen LogP contribution is -2.03. The number of carbonyl (C=O) groups is 1. The van der Waals surface area contributed by atoms with E-state index >= 15 is 0 Å². The maximum atomic E-state index is 12.8. The van der Waals surface area contributed by atoms with Gasteiger partial charge in [0.15, 0.2) is 5.78 Å². The molecule has 0 amide bonds. The van der Waals surface area contributed by atoms with E-state index in [-0.39, 0.29) is 11.3 Å². The van der Waals surface area contributed by atoms with Crippen LogP contribution in [0.2, 0.25) is 0 Å². The number of halogens is 2. The summed E-state index contributed by atoms with van der Waals surface area (Å²) in [7, 11) is 0. The van der Waals surface area contributed by atoms with E-state index < -0.39 is 11.6 Å². The first kappa shape index (κ1) is 11.6. The molecule has 0 spiro atoms. The molecule has 0 unspecified atom stereocenters. The van der Waals surface area contributed by atoms with E-state index in [0.717, 1.165) is 18.2 Å². The van der Waals surface area contributed by atoms with E-state index in [1.165, 1.54) is 0 Å². The number of hydrogen-bond donors (Lipinski definition) is 0. The lowest BCUT2D eigenvalue weighted by Gasteiger charge is -2.03. The number of Topliss-reactive ketones (excluding diaryl/α,β-unsaturated/α-hetero) is 1. The van der Waals surface area contributed by atoms with Gasteiger partial charge in [-0.25, -0.2) is 8.78 Å². The minimum Gasteiger partial charge on any atom is -0.289 e. The van der Waals surface area contributed by atoms with Gasteiger partial charge in [0.2, 0.25) is 0 Å². The maximum absolute atomic E-state index is 12.8. The lowest BCUT2D eigenvalue weighted by atomic mass is 10.0. The second-order valence-corrected chi connectivity index (χ2v) is 3.15. The molecular formula is C12H12F2O. The molecule has 1 nitrogen and oxygen atoms in total. The van der Waals surface area contributed by atoms with Crippen LogP contribution in [0.3, 0.4) is 0 Å². The van der Waals surface area contributed by atoms with Crippen molar-refractivity contribution in [3.8, 4) is 0 Å². The molecular weight excluding hydrogens is 198 g/mol. The third-order valence-electron chi connectivity index (χ3n) is 2.15. The molecule has 0 saturated heterocycles. The smallest absolute Gasteiger partial charge is 0.188 e. The summed E-state index contributed by atoms with van der Waals surface area (Å²) in [6.07, 6.45) is 2.21. The molecule has 0 N–H and O–H groups in total. The number of carbonyl (C=O) groups excluding carboxylic acids is 1. The maximum Gasteiger partial charge on any atom is 0.188 e. The van der Waals surface area contributed by atoms with Crippen LogP contribution in [0.1, 0.15) is 30.6 Å². The van der Waals surface area contributed by atoms with Crippen molar-refractivity contribution < 1.29 is 13.6 Å². The van der Waals surface area contributed by atoms with Crippen molar-refractivity contribution in [1.82, 2.24) is 0 Å². The van der Waals surface area contributed by atoms with Crippen LogP contribution < -0.4 is 0 Å². The SMILES string of the molecule is C/C=C(/CC)C(=O)c1cc(F)cc(F)c1. The van der Waals surface area contributed by atoms with Crippen LogP contribution in [0, 0.1) is 11.6 Å². The van der Waals surface area contributed by atoms with Gasteiger partial charge in [-0.05, 0) is 31.1 Å². The van der Waals surface area contributed by atoms with E-state index in [9.17, 15) is 13.6 Å². The van der Waals surface area contributed by atoms with E-state index in [2.05, 4.69) is 0 Å². The standard InChI is InChI=1S/C12H12F2O/c1-3-8(4-2)12(15)9-5-10(13)7-11(14)6-9/h3,5-7H,4H2,1-2H3/b8-3-. The van der Waals surface area contributed by atoms with Crippen LogP contribution in [-0.4, -0.2) is 5.78 Å². The number of allylic oxidation sites excluding steroid dienone is 2. The van der Waals surface area contributed by atoms with Crippen molar-refractivity contribution in [2.24, 2.45) is 0 Å². The Bertz CT molecular complexity index is 388. The van der Waals surface area contributed by atoms with E-state index in [1.54, 1.807) is 13.0 Å². The zero-order valence-electron chi connectivity index (χ0n) is 8.68. The molecule has 0 atom stereocenters. The molecule has 3 heteroatoms. The molecule has 1 aromatic rings. The Labute approximate surface area is 87.4 Å². The predicted molar refractivity (Wildman–Crippen MR) is 54.7 cm³/mol. The van der Waals surface area contributed by atoms with Gasteiger partial charge in [-0.2, -0.15) is 0 Å². The molecule has 1 rings (SSSR count). The summed E-state index contributed by atoms with van der Waals surface area (Å²) in [5.74, 6) is -1.78. The molecule has 0 radical (unpaired) electrons. The Morgan fingerprint density at radius 2 is 1.80 bits per heavy atom. The van der Waals surface area contributed by atoms with Crippen molar-refractivity contribution in [3.63, 3.8) is 0 Å². The molecule has 0 saturated carbocycles. The highest BCUT2D eigenvalue weighted by atomic mass is 19.1. The highest BCUT2D eigenvalue weighted by Gasteiger charge is 2.12. The first-order valence-corrected chi connectivity index (χ1v) is 4.74. The second-order valence-electron chi connectivity index (χ2n) is 3.15. The fourth-order valence-electron chi connectivity index (χ4n) is 1.37. The molecule has 0 fully saturated rings. The average Bonchev–Trinajstić information content (AvgIpc) is 2.18. The van der Waals surface area contributed by atoms with Crippen molar-refractivity contribution in [2.45, 2.75) is 20.3 Å². The quantitative estimate of drug-likeness (QED) is 0.551. The highest BCUT2D eigenvalue weighted by Crippen LogP contribution is 2.14. The molecule has 0 aliphatic carbocycles. The molecule has 0 heterocycles. The van der Waals surface area contributed by atoms with Crippen molar-refractivity contribution >= 4 is 5.78 Å². The Morgan fingerprint density at radius 3 is 2.20 bits per heavy atom. The van der Waals surface area contributed by atoms with Crippen LogP contribution >= 0.6 is 0 Å². The summed E-state index contributed by atoms with van der Waals surface area (Å²) < 4.78 is 25.7. The Balaban J connectivity index is 3.11. The number of hydrogen-bond acceptors (Lipinski definition) is 1. The molecule has 80 valence electrons. The lowest BCUT2D eigenvalue weighted by molar-refractivity contribution is 0.103. The monoisotopic (exact) mass is 210 g/mol. The fourth-order valence-corrected chi connectivity index (χ4v) is 1.37. The molecule has 0 bridgehead atoms. The molecule has 0 aromatic heterocycles. The van der Waals surface area contributed by atoms with Gasteiger partial charge in [0, 0.05) is 11.6 Å². The van der Waals surface area contributed by atoms with Crippen molar-refractivity contribution in [2.75, 3.05) is 0 Å². The van der Waals surface area contributed by atoms with Crippen LogP contribution in [0.15, 0.2) is 29.8 Å². The Morgan fingerprint density at radius 1 is 1.27 bits per heavy atom. The Kier molecular flexibility index (Phi) is 3.72. The molecule has 1 aromatic carbocycles. The minimum atomic E-state index is -0.732. The van der Waals surface area contributed by atoms with Crippen LogP contribution in [0.4, 0.5) is 8.78 Å². The summed E-state index contributed by atoms with van der Waals surface area (Å²) in [5, 5.41) is 0. The van der Waals surface area contributed by atoms with Gasteiger partial charge in [0.25, 0.3) is 0 Å². The van der Waals surface area contributed by atoms with Gasteiger partial charge < -0.3 is 0 Å². The summed E-state index contributed by atoms with van der Waals surface area (Å²) in [5.41, 5.74) is 0.613. The normalized spacial score (nSPS) is 11.6. The second kappa shape index (κ2) is 4.82. The van der Waals surface area contributed by atoms with Crippen LogP contribution in [0.25, 0.3) is 0 Å². The Hall–Kier alpha value is -1.51. The average molecular weight is 210 g/mol. The van der Waals surface area contributed by atoms with E-state index in [4.69, 9.17) is 0 Å². The first-order chi connectivity index (χ1) is 7.08. The summed E-state index contributed by atoms with van der Waals surface area (Å²) in [6.45, 7) is 3.55. The van der Waals surface area contributed by atoms with Crippen LogP contribution in [-0.2, 0) is 0 Å². The molecule has 15 heavy (non-hydrogen) atoms. The fraction of sp³-hybridized carbons (Fsp3) is 0.250. The van der Waals surface area contributed by atoms with E-state index in [1.807, 2.05) is 6.92 Å². The summed E-state index contributed by atoms with van der Waals surface area (Å²) in [6, 6.07) is 2.84. The van der Waals surface area contributed by atoms with E-state index in [0.29, 0.717) is 12.0 Å². The topological polar surface area (TPSA) is 17.1 Å². The van der Waals surface area contributed by atoms with Crippen LogP contribution in [0.5, 0.6) is 0 Å². The third-order valence-corrected chi connectivity index (χ3v) is 2.15. The van der Waals surface area contributed by atoms with Gasteiger partial charge in [-0.15, -0.1) is 0 Å². The van der Waals surface area contributed by atoms with Gasteiger partial charge in [0.1, 0.15) is 11.6 Å². The summed E-state index contributed by atoms with van der Waals surface area (Å²) in [4.78, 5) is 11.7. The largest absolute Gasteiger partial charge is 0.289 e. The number of benzene rings is 1. The van der Waals surface area contributed by atoms with Crippen molar-refractivity contribution in [3.05, 3.63) is 47.0 Å². The van der Waals surface area contributed by atoms with Crippen molar-refractivity contribution in [1.29, 1.82) is 0 Å². The first-order valence-electron chi connectivity index (χ1n) is 4.74. The van der Waals surface area contributed by atoms with Gasteiger partial charge >= 0.3 is 0 Å². The number of ketones is 1. The number of rotatable bonds is 3. The molecule has 0 aliphatic heterocycles. The van der Waals surface area contributed by atoms with Gasteiger partial charge in [-0.1, -0.05) is 13.0 Å². The minimum absolute atomic E-state index is 0.0578. The molecule has 0 aliphatic rings. The van der Waals surface area contributed by atoms with Gasteiger partial charge in [-0.3, -0.25) is 4.79 Å². The highest BCUT2D eigenvalue weighted by molar-refractivity contribution is 6.08. The zero-order chi connectivity index (χ0) is 11.4. The predicted octanol–water partition coefficient (Wildman–Crippen LogP) is 3.50. The zero-order valence-corrected chi connectivity index (χ0v) is 8.68.